The number of nitrogens with zero attached hydrogens (tertiary/aromatic N) is 1. The molecular weight excluding hydrogens is 189 g/mol. The van der Waals surface area contributed by atoms with Crippen molar-refractivity contribution in [3.63, 3.8) is 0 Å². The van der Waals surface area contributed by atoms with Gasteiger partial charge in [0.1, 0.15) is 0 Å². The monoisotopic (exact) mass is 207 g/mol. The molecule has 0 bridgehead atoms. The van der Waals surface area contributed by atoms with Crippen molar-refractivity contribution in [2.45, 2.75) is 19.3 Å². The zero-order valence-electron chi connectivity index (χ0n) is 8.03. The molecule has 1 aliphatic rings. The lowest BCUT2D eigenvalue weighted by Gasteiger charge is -2.29. The molecule has 0 aromatic carbocycles. The van der Waals surface area contributed by atoms with Gasteiger partial charge in [-0.1, -0.05) is 0 Å². The first-order valence-corrected chi connectivity index (χ1v) is 5.99. The van der Waals surface area contributed by atoms with Crippen molar-refractivity contribution >= 4 is 8.25 Å². The Morgan fingerprint density at radius 2 is 2.46 bits per heavy atom. The Kier molecular flexibility index (Phi) is 4.96. The summed E-state index contributed by atoms with van der Waals surface area (Å²) in [4.78, 5) is 10.7. The van der Waals surface area contributed by atoms with Crippen molar-refractivity contribution in [1.29, 1.82) is 0 Å². The molecule has 5 heteroatoms. The molecule has 0 aromatic rings. The fourth-order valence-corrected chi connectivity index (χ4v) is 2.11. The van der Waals surface area contributed by atoms with Gasteiger partial charge in [0.2, 0.25) is 0 Å². The van der Waals surface area contributed by atoms with Crippen LogP contribution in [-0.2, 0) is 9.09 Å². The molecule has 0 amide bonds. The molecule has 78 valence electrons. The predicted molar refractivity (Wildman–Crippen MR) is 52.0 cm³/mol. The maximum Gasteiger partial charge on any atom is 0.316 e. The average Bonchev–Trinajstić information content (AvgIpc) is 2.03. The lowest BCUT2D eigenvalue weighted by atomic mass is 9.96. The third-order valence-electron chi connectivity index (χ3n) is 2.47. The fourth-order valence-electron chi connectivity index (χ4n) is 1.82. The van der Waals surface area contributed by atoms with Gasteiger partial charge in [0.25, 0.3) is 0 Å². The summed E-state index contributed by atoms with van der Waals surface area (Å²) in [7, 11) is -0.599. The Bertz CT molecular complexity index is 177. The molecular formula is C8H18NO3P. The van der Waals surface area contributed by atoms with Gasteiger partial charge in [-0.05, 0) is 38.8 Å². The number of likely N-dealkylation sites (tertiary alicyclic amines) is 1. The summed E-state index contributed by atoms with van der Waals surface area (Å²) >= 11 is 0. The fraction of sp³-hybridized carbons (Fsp3) is 1.00. The van der Waals surface area contributed by atoms with Gasteiger partial charge >= 0.3 is 8.25 Å². The van der Waals surface area contributed by atoms with Crippen molar-refractivity contribution in [1.82, 2.24) is 4.90 Å². The molecule has 0 spiro atoms. The largest absolute Gasteiger partial charge is 0.326 e. The quantitative estimate of drug-likeness (QED) is 0.702. The van der Waals surface area contributed by atoms with E-state index in [1.807, 2.05) is 0 Å². The van der Waals surface area contributed by atoms with Gasteiger partial charge in [0.15, 0.2) is 0 Å². The van der Waals surface area contributed by atoms with Crippen LogP contribution in [0.5, 0.6) is 0 Å². The number of piperidine rings is 1. The second-order valence-corrected chi connectivity index (χ2v) is 4.49. The van der Waals surface area contributed by atoms with Gasteiger partial charge in [0.05, 0.1) is 6.61 Å². The molecule has 13 heavy (non-hydrogen) atoms. The van der Waals surface area contributed by atoms with E-state index in [-0.39, 0.29) is 0 Å². The van der Waals surface area contributed by atoms with Gasteiger partial charge in [-0.2, -0.15) is 0 Å². The molecule has 1 heterocycles. The lowest BCUT2D eigenvalue weighted by Crippen LogP contribution is -2.32. The molecule has 1 saturated heterocycles. The minimum atomic E-state index is -2.71. The first-order valence-electron chi connectivity index (χ1n) is 4.72. The van der Waals surface area contributed by atoms with E-state index in [0.717, 1.165) is 13.0 Å². The molecule has 1 aliphatic heterocycles. The Labute approximate surface area is 79.8 Å². The Morgan fingerprint density at radius 3 is 3.08 bits per heavy atom. The highest BCUT2D eigenvalue weighted by Gasteiger charge is 2.16. The normalized spacial score (nSPS) is 27.4. The van der Waals surface area contributed by atoms with Gasteiger partial charge in [-0.15, -0.1) is 0 Å². The van der Waals surface area contributed by atoms with Crippen LogP contribution in [-0.4, -0.2) is 36.5 Å². The highest BCUT2D eigenvalue weighted by Crippen LogP contribution is 2.21. The molecule has 2 unspecified atom stereocenters. The highest BCUT2D eigenvalue weighted by atomic mass is 31.1. The van der Waals surface area contributed by atoms with Crippen molar-refractivity contribution < 1.29 is 14.0 Å². The molecule has 4 nitrogen and oxygen atoms in total. The maximum atomic E-state index is 10.3. The first-order chi connectivity index (χ1) is 6.18. The second kappa shape index (κ2) is 5.76. The molecule has 0 aromatic heterocycles. The van der Waals surface area contributed by atoms with Gasteiger partial charge in [-0.25, -0.2) is 0 Å². The second-order valence-electron chi connectivity index (χ2n) is 3.67. The van der Waals surface area contributed by atoms with Crippen LogP contribution in [0.1, 0.15) is 19.3 Å². The van der Waals surface area contributed by atoms with Crippen LogP contribution in [0.25, 0.3) is 0 Å². The Morgan fingerprint density at radius 1 is 1.69 bits per heavy atom. The van der Waals surface area contributed by atoms with Crippen molar-refractivity contribution in [3.8, 4) is 0 Å². The number of rotatable bonds is 4. The van der Waals surface area contributed by atoms with E-state index in [0.29, 0.717) is 12.5 Å². The lowest BCUT2D eigenvalue weighted by molar-refractivity contribution is 0.175. The minimum Gasteiger partial charge on any atom is -0.326 e. The first kappa shape index (κ1) is 11.2. The zero-order valence-corrected chi connectivity index (χ0v) is 9.03. The maximum absolute atomic E-state index is 10.3. The van der Waals surface area contributed by atoms with Crippen LogP contribution in [0.2, 0.25) is 0 Å². The van der Waals surface area contributed by atoms with Crippen molar-refractivity contribution in [2.24, 2.45) is 5.92 Å². The third-order valence-corrected chi connectivity index (χ3v) is 2.92. The van der Waals surface area contributed by atoms with E-state index in [4.69, 9.17) is 4.89 Å². The number of hydrogen-bond acceptors (Lipinski definition) is 3. The molecule has 1 N–H and O–H groups in total. The summed E-state index contributed by atoms with van der Waals surface area (Å²) in [6.07, 6.45) is 3.36. The molecule has 0 saturated carbocycles. The van der Waals surface area contributed by atoms with Crippen LogP contribution >= 0.6 is 8.25 Å². The van der Waals surface area contributed by atoms with Crippen LogP contribution in [0.4, 0.5) is 0 Å². The molecule has 1 rings (SSSR count). The Hall–Kier alpha value is 0.110. The molecule has 0 radical (unpaired) electrons. The molecule has 0 aliphatic carbocycles. The summed E-state index contributed by atoms with van der Waals surface area (Å²) < 4.78 is 14.9. The topological polar surface area (TPSA) is 49.8 Å². The van der Waals surface area contributed by atoms with Crippen LogP contribution in [0, 0.1) is 5.92 Å². The van der Waals surface area contributed by atoms with E-state index in [9.17, 15) is 4.57 Å². The van der Waals surface area contributed by atoms with Gasteiger partial charge in [0, 0.05) is 6.54 Å². The third kappa shape index (κ3) is 4.77. The van der Waals surface area contributed by atoms with E-state index in [1.165, 1.54) is 19.4 Å². The molecule has 1 fully saturated rings. The van der Waals surface area contributed by atoms with Crippen LogP contribution < -0.4 is 0 Å². The van der Waals surface area contributed by atoms with Crippen LogP contribution in [0.3, 0.4) is 0 Å². The van der Waals surface area contributed by atoms with E-state index < -0.39 is 8.25 Å². The minimum absolute atomic E-state index is 0.423. The highest BCUT2D eigenvalue weighted by molar-refractivity contribution is 7.32. The average molecular weight is 207 g/mol. The van der Waals surface area contributed by atoms with E-state index in [1.54, 1.807) is 0 Å². The van der Waals surface area contributed by atoms with Crippen molar-refractivity contribution in [3.05, 3.63) is 0 Å². The summed E-state index contributed by atoms with van der Waals surface area (Å²) in [6, 6.07) is 0. The van der Waals surface area contributed by atoms with Gasteiger partial charge < -0.3 is 14.3 Å². The Balaban J connectivity index is 2.10. The van der Waals surface area contributed by atoms with E-state index >= 15 is 0 Å². The summed E-state index contributed by atoms with van der Waals surface area (Å²) in [5, 5.41) is 0. The smallest absolute Gasteiger partial charge is 0.316 e. The van der Waals surface area contributed by atoms with E-state index in [2.05, 4.69) is 16.5 Å². The summed E-state index contributed by atoms with van der Waals surface area (Å²) in [5.41, 5.74) is 0. The summed E-state index contributed by atoms with van der Waals surface area (Å²) in [6.45, 7) is 2.69. The zero-order chi connectivity index (χ0) is 9.68. The SMILES string of the molecule is CN1CCCC(CCO[PH](=O)O)C1. The summed E-state index contributed by atoms with van der Waals surface area (Å²) in [5.74, 6) is 0.639. The molecule has 2 atom stereocenters. The predicted octanol–water partition coefficient (Wildman–Crippen LogP) is 1.12. The van der Waals surface area contributed by atoms with Crippen LogP contribution in [0.15, 0.2) is 0 Å². The van der Waals surface area contributed by atoms with Gasteiger partial charge in [-0.3, -0.25) is 4.57 Å². The number of hydrogen-bond donors (Lipinski definition) is 1. The van der Waals surface area contributed by atoms with Crippen molar-refractivity contribution in [2.75, 3.05) is 26.7 Å². The standard InChI is InChI=1S/C8H18NO3P/c1-9-5-2-3-8(7-9)4-6-12-13(10)11/h8,13H,2-7H2,1H3,(H,10,11).